The summed E-state index contributed by atoms with van der Waals surface area (Å²) in [6.07, 6.45) is 4.71. The van der Waals surface area contributed by atoms with E-state index in [9.17, 15) is 13.9 Å². The van der Waals surface area contributed by atoms with Gasteiger partial charge in [0, 0.05) is 67.1 Å². The molecule has 0 saturated heterocycles. The lowest BCUT2D eigenvalue weighted by Crippen LogP contribution is -2.10. The monoisotopic (exact) mass is 534 g/mol. The molecule has 0 aliphatic heterocycles. The van der Waals surface area contributed by atoms with Crippen LogP contribution in [0.5, 0.6) is 0 Å². The van der Waals surface area contributed by atoms with Crippen LogP contribution in [0.3, 0.4) is 0 Å². The Balaban J connectivity index is 1.42. The van der Waals surface area contributed by atoms with Gasteiger partial charge in [0.2, 0.25) is 5.95 Å². The van der Waals surface area contributed by atoms with Gasteiger partial charge in [-0.05, 0) is 35.9 Å². The molecule has 3 aromatic heterocycles. The molecule has 8 nitrogen and oxygen atoms in total. The molecule has 0 aliphatic rings. The second kappa shape index (κ2) is 11.5. The maximum Gasteiger partial charge on any atom is 0.222 e. The number of pyridine rings is 1. The Morgan fingerprint density at radius 3 is 2.54 bits per heavy atom. The number of nitrogens with one attached hydrogen (secondary N) is 3. The first kappa shape index (κ1) is 26.1. The zero-order valence-corrected chi connectivity index (χ0v) is 20.9. The van der Waals surface area contributed by atoms with E-state index in [1.54, 1.807) is 43.9 Å². The first-order valence-electron chi connectivity index (χ1n) is 12.1. The van der Waals surface area contributed by atoms with Crippen molar-refractivity contribution >= 4 is 22.7 Å². The highest BCUT2D eigenvalue weighted by Gasteiger charge is 2.25. The number of hydrogen-bond donors (Lipinski definition) is 4. The minimum Gasteiger partial charge on any atom is -0.383 e. The molecule has 11 heteroatoms. The quantitative estimate of drug-likeness (QED) is 0.183. The molecule has 4 N–H and O–H groups in total. The normalized spacial score (nSPS) is 12.0. The predicted octanol–water partition coefficient (Wildman–Crippen LogP) is 5.19. The van der Waals surface area contributed by atoms with Crippen LogP contribution in [0.1, 0.15) is 22.8 Å². The molecule has 5 rings (SSSR count). The Bertz CT molecular complexity index is 1590. The highest BCUT2D eigenvalue weighted by molar-refractivity contribution is 5.85. The molecule has 5 aromatic rings. The summed E-state index contributed by atoms with van der Waals surface area (Å²) in [5, 5.41) is 17.5. The van der Waals surface area contributed by atoms with E-state index in [-0.39, 0.29) is 17.8 Å². The molecule has 1 atom stereocenters. The number of halogens is 3. The fourth-order valence-electron chi connectivity index (χ4n) is 4.20. The highest BCUT2D eigenvalue weighted by atomic mass is 19.1. The fraction of sp³-hybridized carbons (Fsp3) is 0.179. The summed E-state index contributed by atoms with van der Waals surface area (Å²) in [7, 11) is 1.60. The number of methoxy groups -OCH3 is 1. The molecule has 0 bridgehead atoms. The minimum absolute atomic E-state index is 0.0234. The van der Waals surface area contributed by atoms with Gasteiger partial charge >= 0.3 is 0 Å². The van der Waals surface area contributed by atoms with Crippen molar-refractivity contribution in [2.24, 2.45) is 0 Å². The number of aromatic amines is 1. The van der Waals surface area contributed by atoms with Gasteiger partial charge in [-0.2, -0.15) is 0 Å². The Labute approximate surface area is 221 Å². The number of rotatable bonds is 10. The van der Waals surface area contributed by atoms with E-state index in [1.807, 2.05) is 0 Å². The van der Waals surface area contributed by atoms with Crippen molar-refractivity contribution in [2.45, 2.75) is 12.6 Å². The molecule has 0 radical (unpaired) electrons. The maximum atomic E-state index is 15.5. The van der Waals surface area contributed by atoms with Gasteiger partial charge in [0.05, 0.1) is 17.9 Å². The number of aliphatic hydroxyl groups excluding tert-OH is 1. The molecule has 1 unspecified atom stereocenters. The summed E-state index contributed by atoms with van der Waals surface area (Å²) < 4.78 is 48.8. The van der Waals surface area contributed by atoms with Gasteiger partial charge in [0.1, 0.15) is 23.4 Å². The molecule has 0 amide bonds. The predicted molar refractivity (Wildman–Crippen MR) is 142 cm³/mol. The Kier molecular flexibility index (Phi) is 7.71. The number of ether oxygens (including phenoxy) is 1. The average Bonchev–Trinajstić information content (AvgIpc) is 3.37. The van der Waals surface area contributed by atoms with E-state index in [0.29, 0.717) is 46.8 Å². The summed E-state index contributed by atoms with van der Waals surface area (Å²) in [5.74, 6) is -1.82. The standard InChI is InChI=1S/C28H25F3N6O2/c1-39-8-7-32-28-36-13-18(14-37-28)17-10-20-21(15-35-27(20)34-12-17)26(38)24-22(30)5-6-23(25(24)31)33-11-16-3-2-4-19(29)9-16/h2-6,9-10,12-15,26,33,38H,7-8,11H2,1H3,(H,34,35)(H,32,36,37). The first-order valence-corrected chi connectivity index (χ1v) is 12.1. The molecule has 2 aromatic carbocycles. The van der Waals surface area contributed by atoms with Crippen LogP contribution >= 0.6 is 0 Å². The fourth-order valence-corrected chi connectivity index (χ4v) is 4.20. The smallest absolute Gasteiger partial charge is 0.222 e. The van der Waals surface area contributed by atoms with Gasteiger partial charge in [-0.25, -0.2) is 28.1 Å². The minimum atomic E-state index is -1.63. The van der Waals surface area contributed by atoms with Crippen LogP contribution in [-0.4, -0.2) is 45.3 Å². The van der Waals surface area contributed by atoms with Gasteiger partial charge in [-0.1, -0.05) is 12.1 Å². The van der Waals surface area contributed by atoms with E-state index in [1.165, 1.54) is 24.4 Å². The van der Waals surface area contributed by atoms with E-state index < -0.39 is 29.1 Å². The number of benzene rings is 2. The van der Waals surface area contributed by atoms with Gasteiger partial charge in [0.25, 0.3) is 0 Å². The van der Waals surface area contributed by atoms with Crippen molar-refractivity contribution in [1.82, 2.24) is 19.9 Å². The lowest BCUT2D eigenvalue weighted by molar-refractivity contribution is 0.210. The number of fused-ring (bicyclic) bond motifs is 1. The topological polar surface area (TPSA) is 108 Å². The summed E-state index contributed by atoms with van der Waals surface area (Å²) in [6, 6.07) is 9.91. The van der Waals surface area contributed by atoms with Gasteiger partial charge in [-0.15, -0.1) is 0 Å². The van der Waals surface area contributed by atoms with Crippen molar-refractivity contribution < 1.29 is 23.0 Å². The highest BCUT2D eigenvalue weighted by Crippen LogP contribution is 2.35. The summed E-state index contributed by atoms with van der Waals surface area (Å²) in [4.78, 5) is 15.9. The van der Waals surface area contributed by atoms with E-state index in [0.717, 1.165) is 6.07 Å². The SMILES string of the molecule is COCCNc1ncc(-c2cnc3[nH]cc(C(O)c4c(F)ccc(NCc5cccc(F)c5)c4F)c3c2)cn1. The Morgan fingerprint density at radius 1 is 0.974 bits per heavy atom. The number of hydrogen-bond acceptors (Lipinski definition) is 7. The lowest BCUT2D eigenvalue weighted by Gasteiger charge is -2.16. The van der Waals surface area contributed by atoms with Gasteiger partial charge in [-0.3, -0.25) is 0 Å². The zero-order chi connectivity index (χ0) is 27.4. The van der Waals surface area contributed by atoms with Crippen molar-refractivity contribution in [3.63, 3.8) is 0 Å². The van der Waals surface area contributed by atoms with Crippen molar-refractivity contribution in [1.29, 1.82) is 0 Å². The van der Waals surface area contributed by atoms with Crippen molar-refractivity contribution in [2.75, 3.05) is 30.9 Å². The first-order chi connectivity index (χ1) is 18.9. The Morgan fingerprint density at radius 2 is 1.77 bits per heavy atom. The third-order valence-corrected chi connectivity index (χ3v) is 6.20. The molecule has 0 fully saturated rings. The average molecular weight is 535 g/mol. The van der Waals surface area contributed by atoms with Gasteiger partial charge in [0.15, 0.2) is 5.82 Å². The summed E-state index contributed by atoms with van der Waals surface area (Å²) in [6.45, 7) is 1.18. The summed E-state index contributed by atoms with van der Waals surface area (Å²) >= 11 is 0. The van der Waals surface area contributed by atoms with E-state index in [4.69, 9.17) is 4.74 Å². The molecule has 39 heavy (non-hydrogen) atoms. The van der Waals surface area contributed by atoms with Crippen LogP contribution < -0.4 is 10.6 Å². The molecular formula is C28H25F3N6O2. The lowest BCUT2D eigenvalue weighted by atomic mass is 9.98. The van der Waals surface area contributed by atoms with Crippen LogP contribution in [0, 0.1) is 17.5 Å². The van der Waals surface area contributed by atoms with Crippen LogP contribution in [-0.2, 0) is 11.3 Å². The third-order valence-electron chi connectivity index (χ3n) is 6.20. The number of aliphatic hydroxyl groups is 1. The largest absolute Gasteiger partial charge is 0.383 e. The van der Waals surface area contributed by atoms with Crippen molar-refractivity contribution in [3.05, 3.63) is 101 Å². The zero-order valence-electron chi connectivity index (χ0n) is 20.9. The molecule has 0 spiro atoms. The van der Waals surface area contributed by atoms with Crippen molar-refractivity contribution in [3.8, 4) is 11.1 Å². The molecule has 3 heterocycles. The Hall–Kier alpha value is -4.48. The molecule has 200 valence electrons. The third kappa shape index (κ3) is 5.69. The van der Waals surface area contributed by atoms with Gasteiger partial charge < -0.3 is 25.5 Å². The number of anilines is 2. The maximum absolute atomic E-state index is 15.5. The molecule has 0 aliphatic carbocycles. The van der Waals surface area contributed by atoms with Crippen LogP contribution in [0.15, 0.2) is 67.3 Å². The second-order valence-electron chi connectivity index (χ2n) is 8.79. The van der Waals surface area contributed by atoms with Crippen LogP contribution in [0.25, 0.3) is 22.2 Å². The number of H-pyrrole nitrogens is 1. The summed E-state index contributed by atoms with van der Waals surface area (Å²) in [5.41, 5.74) is 2.06. The number of aromatic nitrogens is 4. The van der Waals surface area contributed by atoms with E-state index in [2.05, 4.69) is 30.6 Å². The van der Waals surface area contributed by atoms with E-state index >= 15 is 4.39 Å². The number of nitrogens with zero attached hydrogens (tertiary/aromatic N) is 3. The van der Waals surface area contributed by atoms with Crippen LogP contribution in [0.4, 0.5) is 24.8 Å². The molecular weight excluding hydrogens is 509 g/mol. The molecule has 0 saturated carbocycles. The second-order valence-corrected chi connectivity index (χ2v) is 8.79. The van der Waals surface area contributed by atoms with Crippen LogP contribution in [0.2, 0.25) is 0 Å².